The van der Waals surface area contributed by atoms with Gasteiger partial charge in [-0.1, -0.05) is 55.4 Å². The van der Waals surface area contributed by atoms with Crippen LogP contribution < -0.4 is 0 Å². The van der Waals surface area contributed by atoms with Gasteiger partial charge in [-0.3, -0.25) is 0 Å². The highest BCUT2D eigenvalue weighted by Gasteiger charge is 2.21. The Balaban J connectivity index is 1.68. The van der Waals surface area contributed by atoms with Crippen LogP contribution >= 0.6 is 0 Å². The van der Waals surface area contributed by atoms with Crippen molar-refractivity contribution in [1.82, 2.24) is 14.4 Å². The molecule has 2 aromatic carbocycles. The van der Waals surface area contributed by atoms with Crippen LogP contribution in [-0.4, -0.2) is 29.9 Å². The summed E-state index contributed by atoms with van der Waals surface area (Å²) < 4.78 is 44.4. The van der Waals surface area contributed by atoms with Gasteiger partial charge in [-0.05, 0) is 29.2 Å². The maximum atomic E-state index is 13.0. The standard InChI is InChI=1S/C20H22FN3O3S/c1-14(2)16-6-8-17(9-7-16)20-22-19(27-23-20)12-24(3)28(25,26)13-15-4-10-18(21)11-5-15/h4-11,14H,12-13H2,1-3H3. The molecule has 3 aromatic rings. The molecule has 0 saturated carbocycles. The van der Waals surface area contributed by atoms with Crippen molar-refractivity contribution in [3.05, 3.63) is 71.4 Å². The molecule has 0 N–H and O–H groups in total. The molecule has 8 heteroatoms. The number of sulfonamides is 1. The van der Waals surface area contributed by atoms with Gasteiger partial charge in [0.25, 0.3) is 0 Å². The number of hydrogen-bond donors (Lipinski definition) is 0. The first-order valence-electron chi connectivity index (χ1n) is 8.86. The summed E-state index contributed by atoms with van der Waals surface area (Å²) >= 11 is 0. The molecule has 0 bridgehead atoms. The second-order valence-corrected chi connectivity index (χ2v) is 9.00. The molecule has 28 heavy (non-hydrogen) atoms. The predicted octanol–water partition coefficient (Wildman–Crippen LogP) is 3.96. The van der Waals surface area contributed by atoms with E-state index >= 15 is 0 Å². The van der Waals surface area contributed by atoms with Gasteiger partial charge >= 0.3 is 0 Å². The van der Waals surface area contributed by atoms with Crippen molar-refractivity contribution in [1.29, 1.82) is 0 Å². The Morgan fingerprint density at radius 3 is 2.32 bits per heavy atom. The van der Waals surface area contributed by atoms with Gasteiger partial charge in [0.2, 0.25) is 21.7 Å². The Morgan fingerprint density at radius 2 is 1.71 bits per heavy atom. The molecule has 0 saturated heterocycles. The van der Waals surface area contributed by atoms with Gasteiger partial charge in [0.05, 0.1) is 12.3 Å². The van der Waals surface area contributed by atoms with E-state index < -0.39 is 15.8 Å². The summed E-state index contributed by atoms with van der Waals surface area (Å²) in [7, 11) is -2.17. The van der Waals surface area contributed by atoms with E-state index in [0.29, 0.717) is 17.3 Å². The van der Waals surface area contributed by atoms with Crippen LogP contribution in [0.4, 0.5) is 4.39 Å². The predicted molar refractivity (Wildman–Crippen MR) is 104 cm³/mol. The van der Waals surface area contributed by atoms with Gasteiger partial charge in [0.1, 0.15) is 5.82 Å². The van der Waals surface area contributed by atoms with Crippen LogP contribution in [0.1, 0.15) is 36.8 Å². The molecule has 0 aliphatic carbocycles. The van der Waals surface area contributed by atoms with Crippen LogP contribution in [-0.2, 0) is 22.3 Å². The lowest BCUT2D eigenvalue weighted by Gasteiger charge is -2.15. The molecule has 148 valence electrons. The molecule has 6 nitrogen and oxygen atoms in total. The minimum atomic E-state index is -3.61. The summed E-state index contributed by atoms with van der Waals surface area (Å²) in [5.41, 5.74) is 2.51. The summed E-state index contributed by atoms with van der Waals surface area (Å²) in [5.74, 6) is 0.397. The first-order valence-corrected chi connectivity index (χ1v) is 10.5. The summed E-state index contributed by atoms with van der Waals surface area (Å²) in [6, 6.07) is 13.2. The van der Waals surface area contributed by atoms with Crippen molar-refractivity contribution in [2.24, 2.45) is 0 Å². The largest absolute Gasteiger partial charge is 0.338 e. The lowest BCUT2D eigenvalue weighted by atomic mass is 10.0. The number of aromatic nitrogens is 2. The molecule has 0 atom stereocenters. The van der Waals surface area contributed by atoms with E-state index in [0.717, 1.165) is 9.87 Å². The molecule has 0 aliphatic heterocycles. The van der Waals surface area contributed by atoms with Crippen LogP contribution in [0.5, 0.6) is 0 Å². The fourth-order valence-corrected chi connectivity index (χ4v) is 3.78. The summed E-state index contributed by atoms with van der Waals surface area (Å²) in [5, 5.41) is 3.94. The lowest BCUT2D eigenvalue weighted by Crippen LogP contribution is -2.27. The van der Waals surface area contributed by atoms with Gasteiger partial charge in [-0.25, -0.2) is 12.8 Å². The average Bonchev–Trinajstić information content (AvgIpc) is 3.12. The topological polar surface area (TPSA) is 76.3 Å². The minimum Gasteiger partial charge on any atom is -0.338 e. The summed E-state index contributed by atoms with van der Waals surface area (Å²) in [6.07, 6.45) is 0. The molecule has 0 amide bonds. The van der Waals surface area contributed by atoms with Crippen LogP contribution in [0.3, 0.4) is 0 Å². The summed E-state index contributed by atoms with van der Waals surface area (Å²) in [4.78, 5) is 4.29. The second kappa shape index (κ2) is 8.20. The second-order valence-electron chi connectivity index (χ2n) is 6.93. The normalized spacial score (nSPS) is 12.1. The zero-order chi connectivity index (χ0) is 20.3. The van der Waals surface area contributed by atoms with E-state index in [4.69, 9.17) is 4.52 Å². The molecule has 1 heterocycles. The molecule has 0 unspecified atom stereocenters. The van der Waals surface area contributed by atoms with Crippen molar-refractivity contribution in [3.63, 3.8) is 0 Å². The highest BCUT2D eigenvalue weighted by atomic mass is 32.2. The number of halogens is 1. The lowest BCUT2D eigenvalue weighted by molar-refractivity contribution is 0.336. The highest BCUT2D eigenvalue weighted by Crippen LogP contribution is 2.21. The van der Waals surface area contributed by atoms with E-state index in [1.807, 2.05) is 24.3 Å². The fourth-order valence-electron chi connectivity index (χ4n) is 2.64. The van der Waals surface area contributed by atoms with E-state index in [1.54, 1.807) is 0 Å². The van der Waals surface area contributed by atoms with Crippen molar-refractivity contribution in [2.75, 3.05) is 7.05 Å². The SMILES string of the molecule is CC(C)c1ccc(-c2noc(CN(C)S(=O)(=O)Cc3ccc(F)cc3)n2)cc1. The zero-order valence-corrected chi connectivity index (χ0v) is 16.8. The Kier molecular flexibility index (Phi) is 5.90. The van der Waals surface area contributed by atoms with Crippen LogP contribution in [0.25, 0.3) is 11.4 Å². The Hall–Kier alpha value is -2.58. The van der Waals surface area contributed by atoms with Gasteiger partial charge < -0.3 is 4.52 Å². The first-order chi connectivity index (χ1) is 13.2. The molecule has 0 radical (unpaired) electrons. The van der Waals surface area contributed by atoms with Gasteiger partial charge in [0.15, 0.2) is 0 Å². The number of nitrogens with zero attached hydrogens (tertiary/aromatic N) is 3. The molecule has 0 fully saturated rings. The monoisotopic (exact) mass is 403 g/mol. The zero-order valence-electron chi connectivity index (χ0n) is 16.0. The molecular formula is C20H22FN3O3S. The van der Waals surface area contributed by atoms with Crippen molar-refractivity contribution in [2.45, 2.75) is 32.1 Å². The molecule has 0 aliphatic rings. The van der Waals surface area contributed by atoms with E-state index in [1.165, 1.54) is 36.9 Å². The quantitative estimate of drug-likeness (QED) is 0.597. The van der Waals surface area contributed by atoms with E-state index in [2.05, 4.69) is 24.0 Å². The third kappa shape index (κ3) is 4.82. The van der Waals surface area contributed by atoms with Crippen LogP contribution in [0, 0.1) is 5.82 Å². The van der Waals surface area contributed by atoms with Gasteiger partial charge in [-0.2, -0.15) is 9.29 Å². The maximum Gasteiger partial charge on any atom is 0.242 e. The maximum absolute atomic E-state index is 13.0. The molecule has 0 spiro atoms. The van der Waals surface area contributed by atoms with Crippen molar-refractivity contribution >= 4 is 10.0 Å². The van der Waals surface area contributed by atoms with Crippen LogP contribution in [0.15, 0.2) is 53.1 Å². The fraction of sp³-hybridized carbons (Fsp3) is 0.300. The molecule has 3 rings (SSSR count). The number of rotatable bonds is 7. The number of hydrogen-bond acceptors (Lipinski definition) is 5. The molecule has 1 aromatic heterocycles. The third-order valence-electron chi connectivity index (χ3n) is 4.40. The van der Waals surface area contributed by atoms with Gasteiger partial charge in [0, 0.05) is 12.6 Å². The van der Waals surface area contributed by atoms with Crippen molar-refractivity contribution < 1.29 is 17.3 Å². The molecular weight excluding hydrogens is 381 g/mol. The Labute approximate surface area is 164 Å². The van der Waals surface area contributed by atoms with E-state index in [-0.39, 0.29) is 18.2 Å². The smallest absolute Gasteiger partial charge is 0.242 e. The van der Waals surface area contributed by atoms with E-state index in [9.17, 15) is 12.8 Å². The van der Waals surface area contributed by atoms with Crippen molar-refractivity contribution in [3.8, 4) is 11.4 Å². The average molecular weight is 403 g/mol. The Morgan fingerprint density at radius 1 is 1.07 bits per heavy atom. The third-order valence-corrected chi connectivity index (χ3v) is 6.18. The van der Waals surface area contributed by atoms with Crippen LogP contribution in [0.2, 0.25) is 0 Å². The highest BCUT2D eigenvalue weighted by molar-refractivity contribution is 7.88. The number of benzene rings is 2. The first kappa shape index (κ1) is 20.2. The Bertz CT molecular complexity index is 1030. The van der Waals surface area contributed by atoms with Gasteiger partial charge in [-0.15, -0.1) is 0 Å². The minimum absolute atomic E-state index is 0.0411. The summed E-state index contributed by atoms with van der Waals surface area (Å²) in [6.45, 7) is 4.19.